The number of alkyl halides is 3. The van der Waals surface area contributed by atoms with Gasteiger partial charge >= 0.3 is 0 Å². The summed E-state index contributed by atoms with van der Waals surface area (Å²) in [5.41, 5.74) is 7.51. The summed E-state index contributed by atoms with van der Waals surface area (Å²) < 4.78 is 82.1. The van der Waals surface area contributed by atoms with Crippen molar-refractivity contribution in [2.24, 2.45) is 7.05 Å². The highest BCUT2D eigenvalue weighted by atomic mass is 19.1. The molecule has 15 rings (SSSR count). The van der Waals surface area contributed by atoms with Gasteiger partial charge in [-0.1, -0.05) is 13.0 Å². The van der Waals surface area contributed by atoms with Crippen LogP contribution in [-0.2, 0) is 13.5 Å². The Morgan fingerprint density at radius 3 is 1.39 bits per heavy atom. The average Bonchev–Trinajstić information content (AvgIpc) is 1.54. The Bertz CT molecular complexity index is 5470. The summed E-state index contributed by atoms with van der Waals surface area (Å²) in [6, 6.07) is 23.2. The van der Waals surface area contributed by atoms with E-state index in [0.717, 1.165) is 29.0 Å². The second-order valence-electron chi connectivity index (χ2n) is 32.1. The molecular formula is C80H88F4N20O6. The summed E-state index contributed by atoms with van der Waals surface area (Å²) >= 11 is 0. The lowest BCUT2D eigenvalue weighted by atomic mass is 9.79. The lowest BCUT2D eigenvalue weighted by Crippen LogP contribution is -2.66. The third-order valence-corrected chi connectivity index (χ3v) is 19.7. The normalized spacial score (nSPS) is 20.7. The first-order valence-electron chi connectivity index (χ1n) is 36.1. The van der Waals surface area contributed by atoms with Gasteiger partial charge in [0.15, 0.2) is 35.6 Å². The molecule has 0 unspecified atom stereocenters. The largest absolute Gasteiger partial charge is 0.506 e. The molecule has 3 aliphatic heterocycles. The molecule has 1 aromatic carbocycles. The van der Waals surface area contributed by atoms with Crippen LogP contribution in [0.1, 0.15) is 132 Å². The number of halogens is 4. The minimum absolute atomic E-state index is 0.0482. The first kappa shape index (κ1) is 76.8. The molecule has 12 aromatic rings. The van der Waals surface area contributed by atoms with Crippen LogP contribution in [-0.4, -0.2) is 165 Å². The Morgan fingerprint density at radius 1 is 0.509 bits per heavy atom. The van der Waals surface area contributed by atoms with Crippen LogP contribution in [0.15, 0.2) is 122 Å². The molecule has 26 nitrogen and oxygen atoms in total. The minimum atomic E-state index is -1.23. The minimum Gasteiger partial charge on any atom is -0.506 e. The molecule has 0 bridgehead atoms. The Labute approximate surface area is 632 Å². The van der Waals surface area contributed by atoms with Gasteiger partial charge in [0, 0.05) is 143 Å². The van der Waals surface area contributed by atoms with Gasteiger partial charge < -0.3 is 49.9 Å². The summed E-state index contributed by atoms with van der Waals surface area (Å²) in [6.45, 7) is 28.9. The molecule has 0 aliphatic carbocycles. The molecule has 3 saturated heterocycles. The third-order valence-electron chi connectivity index (χ3n) is 19.7. The van der Waals surface area contributed by atoms with Gasteiger partial charge in [0.25, 0.3) is 0 Å². The van der Waals surface area contributed by atoms with E-state index in [1.54, 1.807) is 107 Å². The van der Waals surface area contributed by atoms with Crippen molar-refractivity contribution in [2.75, 3.05) is 0 Å². The van der Waals surface area contributed by atoms with Crippen molar-refractivity contribution in [2.45, 2.75) is 200 Å². The zero-order chi connectivity index (χ0) is 78.9. The molecule has 0 spiro atoms. The van der Waals surface area contributed by atoms with E-state index in [4.69, 9.17) is 14.2 Å². The van der Waals surface area contributed by atoms with Crippen molar-refractivity contribution in [1.29, 1.82) is 5.26 Å². The number of hydrogen-bond donors (Lipinski definition) is 6. The number of aromatic nitrogens is 16. The Balaban J connectivity index is 0.000000145. The predicted octanol–water partition coefficient (Wildman–Crippen LogP) is 13.4. The number of nitrogens with zero attached hydrogens (tertiary/aromatic N) is 17. The fraction of sp³-hybridized carbons (Fsp3) is 0.400. The smallest absolute Gasteiger partial charge is 0.233 e. The van der Waals surface area contributed by atoms with Gasteiger partial charge in [-0.2, -0.15) is 15.5 Å². The fourth-order valence-electron chi connectivity index (χ4n) is 15.3. The first-order chi connectivity index (χ1) is 51.8. The summed E-state index contributed by atoms with van der Waals surface area (Å²) in [6.07, 6.45) is 8.62. The number of hydrogen-bond acceptors (Lipinski definition) is 23. The van der Waals surface area contributed by atoms with Gasteiger partial charge in [0.1, 0.15) is 81.3 Å². The summed E-state index contributed by atoms with van der Waals surface area (Å²) in [4.78, 5) is 22.1. The maximum Gasteiger partial charge on any atom is 0.233 e. The summed E-state index contributed by atoms with van der Waals surface area (Å²) in [7, 11) is 1.72. The predicted molar refractivity (Wildman–Crippen MR) is 406 cm³/mol. The van der Waals surface area contributed by atoms with Crippen LogP contribution < -0.4 is 30.2 Å². The molecule has 3 fully saturated rings. The molecule has 572 valence electrons. The molecule has 30 heteroatoms. The van der Waals surface area contributed by atoms with Crippen LogP contribution in [0.25, 0.3) is 89.9 Å². The van der Waals surface area contributed by atoms with E-state index in [0.29, 0.717) is 86.5 Å². The number of rotatable bonds is 13. The number of nitrogens with one attached hydrogen (secondary N) is 3. The van der Waals surface area contributed by atoms with Gasteiger partial charge in [-0.15, -0.1) is 30.6 Å². The van der Waals surface area contributed by atoms with Crippen LogP contribution in [0.2, 0.25) is 0 Å². The Hall–Kier alpha value is -11.4. The van der Waals surface area contributed by atoms with E-state index < -0.39 is 59.3 Å². The number of ether oxygens (including phenoxy) is 3. The molecule has 11 aromatic heterocycles. The van der Waals surface area contributed by atoms with E-state index in [1.165, 1.54) is 10.7 Å². The fourth-order valence-corrected chi connectivity index (χ4v) is 15.3. The maximum absolute atomic E-state index is 15.1. The summed E-state index contributed by atoms with van der Waals surface area (Å²) in [5, 5.41) is 85.9. The lowest BCUT2D eigenvalue weighted by molar-refractivity contribution is -0.0283. The van der Waals surface area contributed by atoms with Crippen molar-refractivity contribution < 1.29 is 47.1 Å². The van der Waals surface area contributed by atoms with Gasteiger partial charge in [-0.3, -0.25) is 4.68 Å². The second-order valence-corrected chi connectivity index (χ2v) is 32.1. The standard InChI is InChI=1S/C27H28FN7O2.C27H32FN7O2.C26H28F2N6O2/c1-15-13-35-14-18(8-16(11-29)25(35)31-15)17-9-20(36)23(30-12-17)19-6-7-22(33-32-19)37-21-10-26(2,3)34-27(4,5)24(21)28;1-7-16-10-19(33-35-14-15(2)30-25(16)35)17-11-20(36)23(29-13-17)18-8-9-22(32-31-18)37-21-12-26(3,4)34-27(5,6)24(21)28;1-25(2)11-20(24(28)26(3,4)33-25)36-21-9-8-18(30-31-21)23-19(35)10-14(12-29-23)15-6-7-17(27)22-16(15)13-34(5)32-22/h6-9,12-14,21,24,34,36H,10H2,1-5H3;8-11,13-14,21,24,34,36H,7,12H2,1-6H3;6-10,12-13,20,24,33,35H,11H2,1-5H3/t2*21-,24-;20-,24-/m000/s1. The average molecular weight is 1500 g/mol. The molecule has 6 atom stereocenters. The molecule has 0 radical (unpaired) electrons. The van der Waals surface area contributed by atoms with E-state index in [1.807, 2.05) is 122 Å². The monoisotopic (exact) mass is 1500 g/mol. The maximum atomic E-state index is 15.1. The molecule has 3 aliphatic rings. The lowest BCUT2D eigenvalue weighted by Gasteiger charge is -2.48. The van der Waals surface area contributed by atoms with Gasteiger partial charge in [-0.05, 0) is 169 Å². The van der Waals surface area contributed by atoms with E-state index in [-0.39, 0.29) is 74.1 Å². The highest BCUT2D eigenvalue weighted by Crippen LogP contribution is 2.41. The number of nitriles is 1. The van der Waals surface area contributed by atoms with Gasteiger partial charge in [0.2, 0.25) is 17.6 Å². The van der Waals surface area contributed by atoms with Crippen molar-refractivity contribution in [3.63, 3.8) is 0 Å². The van der Waals surface area contributed by atoms with Crippen molar-refractivity contribution in [3.05, 3.63) is 151 Å². The number of imidazole rings is 2. The van der Waals surface area contributed by atoms with Gasteiger partial charge in [0.05, 0.1) is 28.8 Å². The van der Waals surface area contributed by atoms with E-state index in [9.17, 15) is 25.0 Å². The van der Waals surface area contributed by atoms with Crippen molar-refractivity contribution >= 4 is 22.2 Å². The van der Waals surface area contributed by atoms with Crippen LogP contribution in [0, 0.1) is 31.0 Å². The first-order valence-corrected chi connectivity index (χ1v) is 36.1. The Kier molecular flexibility index (Phi) is 20.4. The number of aromatic hydroxyl groups is 3. The zero-order valence-electron chi connectivity index (χ0n) is 64.0. The van der Waals surface area contributed by atoms with Crippen LogP contribution in [0.4, 0.5) is 17.6 Å². The number of piperidine rings is 3. The van der Waals surface area contributed by atoms with E-state index >= 15 is 13.2 Å². The van der Waals surface area contributed by atoms with Crippen molar-refractivity contribution in [1.82, 2.24) is 95.3 Å². The summed E-state index contributed by atoms with van der Waals surface area (Å²) in [5.74, 6) is -0.0464. The Morgan fingerprint density at radius 2 is 0.945 bits per heavy atom. The highest BCUT2D eigenvalue weighted by Gasteiger charge is 2.50. The SMILES string of the molecule is CCc1cc(-c2cnc(-c3ccc(O[C@H]4CC(C)(C)NC(C)(C)[C@H]4F)nn3)c(O)c2)nn2cc(C)nc12.Cc1cn2cc(-c3cnc(-c4ccc(O[C@H]5CC(C)(C)NC(C)(C)[C@H]5F)nn4)c(O)c3)cc(C#N)c2n1.Cn1cc2c(-c3cnc(-c4ccc(O[C@H]5CC(C)(C)NC(C)(C)[C@H]5F)nn4)c(O)c3)ccc(F)c2n1. The molecule has 0 saturated carbocycles. The third kappa shape index (κ3) is 16.2. The number of pyridine rings is 4. The topological polar surface area (TPSA) is 330 Å². The molecule has 110 heavy (non-hydrogen) atoms. The van der Waals surface area contributed by atoms with Crippen LogP contribution in [0.5, 0.6) is 34.9 Å². The molecule has 0 amide bonds. The molecular weight excluding hydrogens is 1410 g/mol. The molecule has 14 heterocycles. The van der Waals surface area contributed by atoms with E-state index in [2.05, 4.69) is 94.7 Å². The second kappa shape index (κ2) is 29.2. The van der Waals surface area contributed by atoms with Crippen LogP contribution in [0.3, 0.4) is 0 Å². The highest BCUT2D eigenvalue weighted by molar-refractivity contribution is 5.95. The number of fused-ring (bicyclic) bond motifs is 3. The van der Waals surface area contributed by atoms with Crippen LogP contribution >= 0.6 is 0 Å². The molecule has 6 N–H and O–H groups in total. The zero-order valence-corrected chi connectivity index (χ0v) is 64.0. The quantitative estimate of drug-likeness (QED) is 0.0584. The van der Waals surface area contributed by atoms with Gasteiger partial charge in [-0.25, -0.2) is 47.0 Å². The number of aryl methyl sites for hydroxylation is 4. The van der Waals surface area contributed by atoms with Crippen molar-refractivity contribution in [3.8, 4) is 109 Å². The number of benzene rings is 1.